The summed E-state index contributed by atoms with van der Waals surface area (Å²) in [7, 11) is 1.70. The van der Waals surface area contributed by atoms with E-state index < -0.39 is 0 Å². The molecule has 0 amide bonds. The van der Waals surface area contributed by atoms with E-state index in [1.54, 1.807) is 7.11 Å². The molecule has 2 aliphatic rings. The van der Waals surface area contributed by atoms with Crippen molar-refractivity contribution in [3.63, 3.8) is 0 Å². The highest BCUT2D eigenvalue weighted by Crippen LogP contribution is 2.34. The van der Waals surface area contributed by atoms with Gasteiger partial charge in [0.1, 0.15) is 5.75 Å². The van der Waals surface area contributed by atoms with Crippen LogP contribution in [0.2, 0.25) is 0 Å². The van der Waals surface area contributed by atoms with Gasteiger partial charge in [0.05, 0.1) is 36.5 Å². The van der Waals surface area contributed by atoms with Gasteiger partial charge in [0.15, 0.2) is 5.65 Å². The van der Waals surface area contributed by atoms with Crippen molar-refractivity contribution in [2.45, 2.75) is 57.7 Å². The highest BCUT2D eigenvalue weighted by molar-refractivity contribution is 5.76. The zero-order chi connectivity index (χ0) is 21.4. The SMILES string of the molecule is CCN1CCc2cc(OC)c(Nc3ncc4cnn(C5CCC(O)CC5)c4n3)cc2C1. The van der Waals surface area contributed by atoms with Crippen LogP contribution in [0.5, 0.6) is 5.75 Å². The third-order valence-corrected chi connectivity index (χ3v) is 6.65. The molecular formula is C23H30N6O2. The van der Waals surface area contributed by atoms with Crippen molar-refractivity contribution in [1.82, 2.24) is 24.6 Å². The van der Waals surface area contributed by atoms with Crippen LogP contribution in [0.4, 0.5) is 11.6 Å². The Balaban J connectivity index is 1.44. The molecule has 0 radical (unpaired) electrons. The summed E-state index contributed by atoms with van der Waals surface area (Å²) in [6.07, 6.45) is 7.93. The number of aliphatic hydroxyl groups excluding tert-OH is 1. The average molecular weight is 423 g/mol. The second kappa shape index (κ2) is 8.43. The molecule has 0 spiro atoms. The molecule has 2 N–H and O–H groups in total. The van der Waals surface area contributed by atoms with Gasteiger partial charge in [-0.15, -0.1) is 0 Å². The number of aliphatic hydroxyl groups is 1. The molecule has 8 heteroatoms. The quantitative estimate of drug-likeness (QED) is 0.651. The lowest BCUT2D eigenvalue weighted by molar-refractivity contribution is 0.109. The van der Waals surface area contributed by atoms with Gasteiger partial charge in [0.25, 0.3) is 0 Å². The molecule has 0 saturated heterocycles. The minimum absolute atomic E-state index is 0.190. The molecule has 2 aromatic heterocycles. The first-order valence-corrected chi connectivity index (χ1v) is 11.2. The number of likely N-dealkylation sites (N-methyl/N-ethyl adjacent to an activating group) is 1. The molecule has 1 aliphatic heterocycles. The molecule has 1 aliphatic carbocycles. The van der Waals surface area contributed by atoms with E-state index in [1.165, 1.54) is 11.1 Å². The molecular weight excluding hydrogens is 392 g/mol. The summed E-state index contributed by atoms with van der Waals surface area (Å²) in [5, 5.41) is 18.7. The topological polar surface area (TPSA) is 88.3 Å². The van der Waals surface area contributed by atoms with Crippen molar-refractivity contribution >= 4 is 22.7 Å². The molecule has 1 aromatic carbocycles. The van der Waals surface area contributed by atoms with Gasteiger partial charge >= 0.3 is 0 Å². The zero-order valence-corrected chi connectivity index (χ0v) is 18.2. The van der Waals surface area contributed by atoms with Crippen LogP contribution in [0.3, 0.4) is 0 Å². The number of nitrogens with one attached hydrogen (secondary N) is 1. The van der Waals surface area contributed by atoms with Gasteiger partial charge in [-0.25, -0.2) is 9.67 Å². The normalized spacial score (nSPS) is 21.8. The van der Waals surface area contributed by atoms with Crippen molar-refractivity contribution in [1.29, 1.82) is 0 Å². The van der Waals surface area contributed by atoms with E-state index in [-0.39, 0.29) is 12.1 Å². The van der Waals surface area contributed by atoms with E-state index in [4.69, 9.17) is 9.72 Å². The van der Waals surface area contributed by atoms with Crippen LogP contribution >= 0.6 is 0 Å². The lowest BCUT2D eigenvalue weighted by Crippen LogP contribution is -2.30. The monoisotopic (exact) mass is 422 g/mol. The van der Waals surface area contributed by atoms with Gasteiger partial charge in [0, 0.05) is 19.3 Å². The lowest BCUT2D eigenvalue weighted by Gasteiger charge is -2.28. The van der Waals surface area contributed by atoms with Crippen LogP contribution in [-0.4, -0.2) is 56.1 Å². The molecule has 3 heterocycles. The van der Waals surface area contributed by atoms with E-state index in [2.05, 4.69) is 39.4 Å². The van der Waals surface area contributed by atoms with Gasteiger partial charge in [-0.05, 0) is 61.9 Å². The van der Waals surface area contributed by atoms with Crippen LogP contribution in [0.25, 0.3) is 11.0 Å². The fourth-order valence-corrected chi connectivity index (χ4v) is 4.77. The second-order valence-corrected chi connectivity index (χ2v) is 8.59. The fourth-order valence-electron chi connectivity index (χ4n) is 4.77. The molecule has 1 saturated carbocycles. The summed E-state index contributed by atoms with van der Waals surface area (Å²) >= 11 is 0. The number of anilines is 2. The van der Waals surface area contributed by atoms with Crippen molar-refractivity contribution < 1.29 is 9.84 Å². The van der Waals surface area contributed by atoms with Crippen molar-refractivity contribution in [3.05, 3.63) is 35.7 Å². The summed E-state index contributed by atoms with van der Waals surface area (Å²) in [6.45, 7) is 5.29. The first-order chi connectivity index (χ1) is 15.1. The number of aromatic nitrogens is 4. The van der Waals surface area contributed by atoms with E-state index >= 15 is 0 Å². The first kappa shape index (κ1) is 20.2. The minimum atomic E-state index is -0.190. The number of nitrogens with zero attached hydrogens (tertiary/aromatic N) is 5. The number of hydrogen-bond donors (Lipinski definition) is 2. The molecule has 31 heavy (non-hydrogen) atoms. The van der Waals surface area contributed by atoms with E-state index in [0.29, 0.717) is 5.95 Å². The molecule has 0 atom stereocenters. The Kier molecular flexibility index (Phi) is 5.50. The zero-order valence-electron chi connectivity index (χ0n) is 18.2. The van der Waals surface area contributed by atoms with Gasteiger partial charge in [-0.3, -0.25) is 4.90 Å². The molecule has 164 valence electrons. The number of benzene rings is 1. The smallest absolute Gasteiger partial charge is 0.229 e. The van der Waals surface area contributed by atoms with Crippen molar-refractivity contribution in [2.75, 3.05) is 25.5 Å². The molecule has 5 rings (SSSR count). The van der Waals surface area contributed by atoms with Crippen molar-refractivity contribution in [2.24, 2.45) is 0 Å². The summed E-state index contributed by atoms with van der Waals surface area (Å²) in [5.41, 5.74) is 4.38. The Morgan fingerprint density at radius 2 is 2.00 bits per heavy atom. The Morgan fingerprint density at radius 3 is 2.77 bits per heavy atom. The van der Waals surface area contributed by atoms with Crippen LogP contribution in [-0.2, 0) is 13.0 Å². The highest BCUT2D eigenvalue weighted by atomic mass is 16.5. The van der Waals surface area contributed by atoms with Gasteiger partial charge in [-0.2, -0.15) is 10.1 Å². The van der Waals surface area contributed by atoms with Crippen LogP contribution in [0.15, 0.2) is 24.5 Å². The summed E-state index contributed by atoms with van der Waals surface area (Å²) in [4.78, 5) is 11.7. The second-order valence-electron chi connectivity index (χ2n) is 8.59. The van der Waals surface area contributed by atoms with Gasteiger partial charge in [-0.1, -0.05) is 6.92 Å². The lowest BCUT2D eigenvalue weighted by atomic mass is 9.93. The largest absolute Gasteiger partial charge is 0.495 e. The Labute approximate surface area is 182 Å². The van der Waals surface area contributed by atoms with Crippen LogP contribution in [0, 0.1) is 0 Å². The van der Waals surface area contributed by atoms with E-state index in [9.17, 15) is 5.11 Å². The fraction of sp³-hybridized carbons (Fsp3) is 0.522. The maximum atomic E-state index is 9.83. The number of fused-ring (bicyclic) bond motifs is 2. The van der Waals surface area contributed by atoms with E-state index in [1.807, 2.05) is 17.1 Å². The number of rotatable bonds is 5. The maximum absolute atomic E-state index is 9.83. The molecule has 3 aromatic rings. The minimum Gasteiger partial charge on any atom is -0.495 e. The van der Waals surface area contributed by atoms with E-state index in [0.717, 1.165) is 74.2 Å². The highest BCUT2D eigenvalue weighted by Gasteiger charge is 2.24. The molecule has 0 unspecified atom stereocenters. The van der Waals surface area contributed by atoms with Gasteiger partial charge < -0.3 is 15.2 Å². The standard InChI is InChI=1S/C23H30N6O2/c1-3-28-9-8-15-11-21(31-2)20(10-16(15)14-28)26-23-24-12-17-13-25-29(22(17)27-23)18-4-6-19(30)7-5-18/h10-13,18-19,30H,3-9,14H2,1-2H3,(H,24,26,27). The Hall–Kier alpha value is -2.71. The predicted molar refractivity (Wildman–Crippen MR) is 120 cm³/mol. The number of ether oxygens (including phenoxy) is 1. The third kappa shape index (κ3) is 3.97. The Morgan fingerprint density at radius 1 is 1.16 bits per heavy atom. The van der Waals surface area contributed by atoms with Crippen molar-refractivity contribution in [3.8, 4) is 5.75 Å². The number of methoxy groups -OCH3 is 1. The molecule has 8 nitrogen and oxygen atoms in total. The van der Waals surface area contributed by atoms with Crippen LogP contribution in [0.1, 0.15) is 49.8 Å². The summed E-state index contributed by atoms with van der Waals surface area (Å²) in [6, 6.07) is 4.58. The summed E-state index contributed by atoms with van der Waals surface area (Å²) in [5.74, 6) is 1.34. The molecule has 1 fully saturated rings. The Bertz CT molecular complexity index is 1070. The predicted octanol–water partition coefficient (Wildman–Crippen LogP) is 3.43. The third-order valence-electron chi connectivity index (χ3n) is 6.65. The summed E-state index contributed by atoms with van der Waals surface area (Å²) < 4.78 is 7.66. The number of hydrogen-bond acceptors (Lipinski definition) is 7. The van der Waals surface area contributed by atoms with Gasteiger partial charge in [0.2, 0.25) is 5.95 Å². The molecule has 0 bridgehead atoms. The first-order valence-electron chi connectivity index (χ1n) is 11.2. The average Bonchev–Trinajstić information content (AvgIpc) is 3.22. The maximum Gasteiger partial charge on any atom is 0.229 e. The van der Waals surface area contributed by atoms with Crippen LogP contribution < -0.4 is 10.1 Å².